The van der Waals surface area contributed by atoms with Crippen molar-refractivity contribution in [2.75, 3.05) is 13.6 Å². The smallest absolute Gasteiger partial charge is 0.0457 e. The first-order chi connectivity index (χ1) is 18.4. The SMILES string of the molecule is CC#Cc1ccc(C(=O)N(C)CCc2ccc(OC(F)(F)C(F)(F)I3OC(C)(C)c4ccccc43)cc2)cc1. The van der Waals surface area contributed by atoms with Crippen molar-refractivity contribution in [2.24, 2.45) is 0 Å². The Kier molecular flexibility index (Phi) is 8.28. The van der Waals surface area contributed by atoms with Gasteiger partial charge in [-0.1, -0.05) is 5.92 Å². The van der Waals surface area contributed by atoms with Gasteiger partial charge in [-0.25, -0.2) is 0 Å². The van der Waals surface area contributed by atoms with Gasteiger partial charge in [0.1, 0.15) is 0 Å². The number of carbonyl (C=O) groups is 1. The zero-order chi connectivity index (χ0) is 28.4. The Morgan fingerprint density at radius 1 is 1.00 bits per heavy atom. The van der Waals surface area contributed by atoms with E-state index in [1.54, 1.807) is 75.2 Å². The molecule has 0 unspecified atom stereocenters. The standard InChI is InChI=1S/C30H28F4INO3/c1-5-8-21-11-15-23(16-12-21)27(37)36(4)20-19-22-13-17-24(18-14-22)38-30(33,34)29(31,32)35-26-10-7-6-9-25(26)28(2,3)39-35/h6-7,9-18H,19-20H2,1-4H3. The number of fused-ring (bicyclic) bond motifs is 1. The summed E-state index contributed by atoms with van der Waals surface area (Å²) in [4.78, 5) is 14.2. The minimum atomic E-state index is -4.77. The van der Waals surface area contributed by atoms with E-state index in [4.69, 9.17) is 3.07 Å². The molecule has 3 aromatic rings. The molecule has 0 aromatic heterocycles. The van der Waals surface area contributed by atoms with E-state index in [2.05, 4.69) is 16.6 Å². The predicted molar refractivity (Wildman–Crippen MR) is 150 cm³/mol. The van der Waals surface area contributed by atoms with Gasteiger partial charge in [0.2, 0.25) is 0 Å². The minimum Gasteiger partial charge on any atom is -0.0482 e. The van der Waals surface area contributed by atoms with Crippen molar-refractivity contribution in [1.29, 1.82) is 0 Å². The number of hydrogen-bond donors (Lipinski definition) is 0. The molecule has 9 heteroatoms. The van der Waals surface area contributed by atoms with E-state index in [1.165, 1.54) is 30.3 Å². The molecule has 1 heterocycles. The molecule has 0 saturated heterocycles. The van der Waals surface area contributed by atoms with Gasteiger partial charge in [-0.3, -0.25) is 0 Å². The molecule has 4 nitrogen and oxygen atoms in total. The molecule has 0 N–H and O–H groups in total. The zero-order valence-corrected chi connectivity index (χ0v) is 24.1. The third-order valence-corrected chi connectivity index (χ3v) is 11.6. The van der Waals surface area contributed by atoms with Gasteiger partial charge in [-0.15, -0.1) is 5.92 Å². The number of rotatable bonds is 8. The van der Waals surface area contributed by atoms with Gasteiger partial charge in [-0.2, -0.15) is 0 Å². The van der Waals surface area contributed by atoms with E-state index in [1.807, 2.05) is 0 Å². The van der Waals surface area contributed by atoms with Crippen molar-refractivity contribution in [3.63, 3.8) is 0 Å². The number of benzene rings is 3. The number of alkyl halides is 5. The largest absolute Gasteiger partial charge is 0.0482 e. The molecule has 0 bridgehead atoms. The van der Waals surface area contributed by atoms with Gasteiger partial charge in [0, 0.05) is 5.56 Å². The van der Waals surface area contributed by atoms with Crippen LogP contribution in [0, 0.1) is 15.4 Å². The molecule has 0 radical (unpaired) electrons. The molecule has 4 rings (SSSR count). The van der Waals surface area contributed by atoms with Crippen molar-refractivity contribution in [1.82, 2.24) is 4.90 Å². The molecule has 39 heavy (non-hydrogen) atoms. The van der Waals surface area contributed by atoms with Crippen molar-refractivity contribution in [3.8, 4) is 17.6 Å². The summed E-state index contributed by atoms with van der Waals surface area (Å²) in [6.45, 7) is 5.30. The summed E-state index contributed by atoms with van der Waals surface area (Å²) >= 11 is -4.13. The Bertz CT molecular complexity index is 1400. The summed E-state index contributed by atoms with van der Waals surface area (Å²) in [5.41, 5.74) is 1.49. The van der Waals surface area contributed by atoms with Crippen LogP contribution in [0.25, 0.3) is 0 Å². The molecule has 3 aromatic carbocycles. The fraction of sp³-hybridized carbons (Fsp3) is 0.300. The van der Waals surface area contributed by atoms with Crippen LogP contribution in [0.1, 0.15) is 47.8 Å². The van der Waals surface area contributed by atoms with Gasteiger partial charge in [-0.05, 0) is 31.2 Å². The molecule has 0 atom stereocenters. The minimum absolute atomic E-state index is 0.166. The fourth-order valence-corrected chi connectivity index (χ4v) is 9.19. The maximum atomic E-state index is 15.2. The first kappa shape index (κ1) is 28.9. The summed E-state index contributed by atoms with van der Waals surface area (Å²) in [5.74, 6) is 5.17. The number of amides is 1. The average molecular weight is 653 g/mol. The number of carbonyl (C=O) groups excluding carboxylic acids is 1. The molecular formula is C30H28F4INO3. The Morgan fingerprint density at radius 2 is 1.64 bits per heavy atom. The molecule has 1 aliphatic heterocycles. The maximum Gasteiger partial charge on any atom is -0.0457 e. The summed E-state index contributed by atoms with van der Waals surface area (Å²) < 4.78 is 66.0. The van der Waals surface area contributed by atoms with Gasteiger partial charge in [0.15, 0.2) is 0 Å². The van der Waals surface area contributed by atoms with Crippen LogP contribution >= 0.6 is 20.2 Å². The fourth-order valence-electron chi connectivity index (χ4n) is 4.04. The normalized spacial score (nSPS) is 15.2. The molecule has 1 aliphatic rings. The second-order valence-electron chi connectivity index (χ2n) is 9.51. The van der Waals surface area contributed by atoms with E-state index in [9.17, 15) is 13.6 Å². The monoisotopic (exact) mass is 653 g/mol. The van der Waals surface area contributed by atoms with Crippen molar-refractivity contribution in [2.45, 2.75) is 42.8 Å². The van der Waals surface area contributed by atoms with Crippen molar-refractivity contribution in [3.05, 3.63) is 98.6 Å². The van der Waals surface area contributed by atoms with Crippen LogP contribution in [0.3, 0.4) is 0 Å². The Morgan fingerprint density at radius 3 is 2.28 bits per heavy atom. The number of ether oxygens (including phenoxy) is 1. The zero-order valence-electron chi connectivity index (χ0n) is 21.9. The number of likely N-dealkylation sites (N-methyl/N-ethyl adjacent to an activating group) is 1. The molecule has 0 saturated carbocycles. The molecule has 0 spiro atoms. The van der Waals surface area contributed by atoms with Crippen LogP contribution in [0.4, 0.5) is 17.6 Å². The third-order valence-electron chi connectivity index (χ3n) is 6.18. The van der Waals surface area contributed by atoms with Gasteiger partial charge in [0.25, 0.3) is 0 Å². The second-order valence-corrected chi connectivity index (χ2v) is 13.9. The first-order valence-corrected chi connectivity index (χ1v) is 15.2. The number of hydrogen-bond acceptors (Lipinski definition) is 3. The van der Waals surface area contributed by atoms with Crippen molar-refractivity contribution < 1.29 is 30.2 Å². The molecule has 0 fully saturated rings. The Hall–Kier alpha value is -3.10. The quantitative estimate of drug-likeness (QED) is 0.110. The molecule has 0 aliphatic carbocycles. The average Bonchev–Trinajstić information content (AvgIpc) is 3.19. The molecular weight excluding hydrogens is 625 g/mol. The molecule has 206 valence electrons. The summed E-state index contributed by atoms with van der Waals surface area (Å²) in [6, 6.07) is 18.7. The van der Waals surface area contributed by atoms with E-state index < -0.39 is 35.9 Å². The summed E-state index contributed by atoms with van der Waals surface area (Å²) in [7, 11) is 1.66. The Balaban J connectivity index is 1.38. The summed E-state index contributed by atoms with van der Waals surface area (Å²) in [6.07, 6.45) is -4.33. The van der Waals surface area contributed by atoms with E-state index in [0.717, 1.165) is 11.1 Å². The predicted octanol–water partition coefficient (Wildman–Crippen LogP) is 7.49. The molecule has 1 amide bonds. The van der Waals surface area contributed by atoms with Crippen LogP contribution in [0.5, 0.6) is 5.75 Å². The van der Waals surface area contributed by atoms with Crippen LogP contribution in [-0.2, 0) is 15.1 Å². The topological polar surface area (TPSA) is 38.8 Å². The van der Waals surface area contributed by atoms with Crippen LogP contribution in [0.15, 0.2) is 72.8 Å². The third kappa shape index (κ3) is 6.07. The van der Waals surface area contributed by atoms with E-state index in [-0.39, 0.29) is 15.2 Å². The van der Waals surface area contributed by atoms with Gasteiger partial charge in [0.05, 0.1) is 0 Å². The van der Waals surface area contributed by atoms with Crippen LogP contribution < -0.4 is 4.74 Å². The van der Waals surface area contributed by atoms with E-state index >= 15 is 8.78 Å². The van der Waals surface area contributed by atoms with Gasteiger partial charge < -0.3 is 0 Å². The first-order valence-electron chi connectivity index (χ1n) is 12.2. The van der Waals surface area contributed by atoms with Crippen LogP contribution in [0.2, 0.25) is 0 Å². The number of nitrogens with zero attached hydrogens (tertiary/aromatic N) is 1. The second kappa shape index (κ2) is 11.2. The summed E-state index contributed by atoms with van der Waals surface area (Å²) in [5, 5.41) is 0. The Labute approximate surface area is 233 Å². The number of halogens is 5. The van der Waals surface area contributed by atoms with Crippen LogP contribution in [-0.4, -0.2) is 34.4 Å². The van der Waals surface area contributed by atoms with Crippen molar-refractivity contribution >= 4 is 26.1 Å². The maximum absolute atomic E-state index is 15.2. The van der Waals surface area contributed by atoms with Gasteiger partial charge >= 0.3 is 185 Å². The van der Waals surface area contributed by atoms with E-state index in [0.29, 0.717) is 24.1 Å².